The molecule has 0 N–H and O–H groups in total. The van der Waals surface area contributed by atoms with Crippen LogP contribution in [-0.2, 0) is 15.9 Å². The van der Waals surface area contributed by atoms with E-state index >= 15 is 0 Å². The number of ether oxygens (including phenoxy) is 3. The summed E-state index contributed by atoms with van der Waals surface area (Å²) in [6, 6.07) is 16.2. The highest BCUT2D eigenvalue weighted by Gasteiger charge is 2.26. The topological polar surface area (TPSA) is 44.8 Å². The third-order valence-corrected chi connectivity index (χ3v) is 6.24. The van der Waals surface area contributed by atoms with Gasteiger partial charge in [0, 0.05) is 31.1 Å². The molecule has 0 bridgehead atoms. The van der Waals surface area contributed by atoms with Gasteiger partial charge in [-0.15, -0.1) is 0 Å². The molecule has 3 unspecified atom stereocenters. The standard InChI is InChI=1S/C27H36O4/c1-4-20-14-15-23(18-25(20)29-3)27(28)22-12-9-13-24(30-5-2)19-26(31-17-16-22)21-10-7-6-8-11-21/h6-8,10-11,14-15,18,22,24,26H,4-5,9,12-13,16-17,19H2,1-3H3. The van der Waals surface area contributed by atoms with Crippen molar-refractivity contribution in [2.24, 2.45) is 5.92 Å². The van der Waals surface area contributed by atoms with E-state index in [4.69, 9.17) is 14.2 Å². The lowest BCUT2D eigenvalue weighted by molar-refractivity contribution is -0.0267. The maximum absolute atomic E-state index is 13.3. The van der Waals surface area contributed by atoms with Gasteiger partial charge >= 0.3 is 0 Å². The maximum atomic E-state index is 13.3. The van der Waals surface area contributed by atoms with Crippen molar-refractivity contribution < 1.29 is 19.0 Å². The fourth-order valence-corrected chi connectivity index (χ4v) is 4.49. The van der Waals surface area contributed by atoms with Crippen LogP contribution in [0.15, 0.2) is 48.5 Å². The van der Waals surface area contributed by atoms with Crippen molar-refractivity contribution in [1.29, 1.82) is 0 Å². The Kier molecular flexibility index (Phi) is 9.11. The minimum Gasteiger partial charge on any atom is -0.496 e. The molecule has 3 rings (SSSR count). The number of carbonyl (C=O) groups is 1. The van der Waals surface area contributed by atoms with Gasteiger partial charge in [0.25, 0.3) is 0 Å². The molecule has 0 aliphatic carbocycles. The average Bonchev–Trinajstić information content (AvgIpc) is 2.82. The molecule has 1 saturated heterocycles. The molecule has 0 radical (unpaired) electrons. The lowest BCUT2D eigenvalue weighted by Crippen LogP contribution is -2.24. The maximum Gasteiger partial charge on any atom is 0.166 e. The van der Waals surface area contributed by atoms with E-state index in [-0.39, 0.29) is 23.9 Å². The van der Waals surface area contributed by atoms with Gasteiger partial charge in [0.2, 0.25) is 0 Å². The van der Waals surface area contributed by atoms with Gasteiger partial charge < -0.3 is 14.2 Å². The highest BCUT2D eigenvalue weighted by atomic mass is 16.5. The molecule has 2 aromatic carbocycles. The van der Waals surface area contributed by atoms with Crippen LogP contribution in [0.1, 0.15) is 73.5 Å². The van der Waals surface area contributed by atoms with Gasteiger partial charge in [0.1, 0.15) is 5.75 Å². The number of hydrogen-bond donors (Lipinski definition) is 0. The molecule has 1 aliphatic rings. The molecule has 0 spiro atoms. The van der Waals surface area contributed by atoms with Crippen molar-refractivity contribution in [3.63, 3.8) is 0 Å². The summed E-state index contributed by atoms with van der Waals surface area (Å²) in [6.07, 6.45) is 5.40. The first-order valence-corrected chi connectivity index (χ1v) is 11.7. The number of ketones is 1. The molecule has 3 atom stereocenters. The Labute approximate surface area is 186 Å². The Morgan fingerprint density at radius 1 is 1.06 bits per heavy atom. The Hall–Kier alpha value is -2.17. The summed E-state index contributed by atoms with van der Waals surface area (Å²) in [7, 11) is 1.66. The molecule has 31 heavy (non-hydrogen) atoms. The zero-order valence-electron chi connectivity index (χ0n) is 19.1. The summed E-state index contributed by atoms with van der Waals surface area (Å²) < 4.78 is 17.8. The van der Waals surface area contributed by atoms with Crippen molar-refractivity contribution >= 4 is 5.78 Å². The molecule has 1 aliphatic heterocycles. The molecule has 1 heterocycles. The highest BCUT2D eigenvalue weighted by Crippen LogP contribution is 2.31. The average molecular weight is 425 g/mol. The van der Waals surface area contributed by atoms with Crippen molar-refractivity contribution in [3.8, 4) is 5.75 Å². The Morgan fingerprint density at radius 2 is 1.87 bits per heavy atom. The van der Waals surface area contributed by atoms with Crippen LogP contribution < -0.4 is 4.74 Å². The van der Waals surface area contributed by atoms with E-state index in [9.17, 15) is 4.79 Å². The Bertz CT molecular complexity index is 817. The lowest BCUT2D eigenvalue weighted by Gasteiger charge is -2.27. The van der Waals surface area contributed by atoms with Gasteiger partial charge in [0.05, 0.1) is 19.3 Å². The summed E-state index contributed by atoms with van der Waals surface area (Å²) in [4.78, 5) is 13.3. The zero-order chi connectivity index (χ0) is 22.1. The van der Waals surface area contributed by atoms with Crippen LogP contribution in [0, 0.1) is 5.92 Å². The second-order valence-electron chi connectivity index (χ2n) is 8.24. The number of hydrogen-bond acceptors (Lipinski definition) is 4. The molecule has 0 amide bonds. The third kappa shape index (κ3) is 6.41. The minimum absolute atomic E-state index is 0.00414. The van der Waals surface area contributed by atoms with E-state index in [1.54, 1.807) is 7.11 Å². The quantitative estimate of drug-likeness (QED) is 0.498. The Balaban J connectivity index is 1.75. The third-order valence-electron chi connectivity index (χ3n) is 6.24. The summed E-state index contributed by atoms with van der Waals surface area (Å²) >= 11 is 0. The summed E-state index contributed by atoms with van der Waals surface area (Å²) in [5, 5.41) is 0. The molecule has 168 valence electrons. The fourth-order valence-electron chi connectivity index (χ4n) is 4.49. The van der Waals surface area contributed by atoms with Crippen LogP contribution in [-0.4, -0.2) is 32.2 Å². The van der Waals surface area contributed by atoms with Gasteiger partial charge in [-0.05, 0) is 49.8 Å². The number of methoxy groups -OCH3 is 1. The zero-order valence-corrected chi connectivity index (χ0v) is 19.1. The van der Waals surface area contributed by atoms with Crippen LogP contribution in [0.4, 0.5) is 0 Å². The molecular formula is C27H36O4. The van der Waals surface area contributed by atoms with Crippen molar-refractivity contribution in [2.75, 3.05) is 20.3 Å². The fraction of sp³-hybridized carbons (Fsp3) is 0.519. The second kappa shape index (κ2) is 12.0. The Morgan fingerprint density at radius 3 is 2.58 bits per heavy atom. The van der Waals surface area contributed by atoms with Crippen LogP contribution in [0.5, 0.6) is 5.75 Å². The number of rotatable bonds is 7. The predicted molar refractivity (Wildman–Crippen MR) is 124 cm³/mol. The summed E-state index contributed by atoms with van der Waals surface area (Å²) in [5.41, 5.74) is 3.03. The van der Waals surface area contributed by atoms with E-state index in [1.165, 1.54) is 5.56 Å². The molecule has 1 fully saturated rings. The molecule has 4 heteroatoms. The van der Waals surface area contributed by atoms with E-state index < -0.39 is 0 Å². The van der Waals surface area contributed by atoms with Crippen LogP contribution in [0.2, 0.25) is 0 Å². The van der Waals surface area contributed by atoms with Crippen LogP contribution in [0.25, 0.3) is 0 Å². The van der Waals surface area contributed by atoms with E-state index in [0.717, 1.165) is 55.4 Å². The first-order valence-electron chi connectivity index (χ1n) is 11.7. The van der Waals surface area contributed by atoms with Crippen molar-refractivity contribution in [3.05, 3.63) is 65.2 Å². The SMILES string of the molecule is CCOC1CCCC(C(=O)c2ccc(CC)c(OC)c2)CCOC(c2ccccc2)C1. The number of Topliss-reactive ketones (excluding diaryl/α,β-unsaturated/α-hetero) is 1. The van der Waals surface area contributed by atoms with Gasteiger partial charge in [-0.3, -0.25) is 4.79 Å². The molecular weight excluding hydrogens is 388 g/mol. The van der Waals surface area contributed by atoms with Crippen LogP contribution in [0.3, 0.4) is 0 Å². The van der Waals surface area contributed by atoms with E-state index in [0.29, 0.717) is 13.2 Å². The molecule has 4 nitrogen and oxygen atoms in total. The van der Waals surface area contributed by atoms with Crippen molar-refractivity contribution in [1.82, 2.24) is 0 Å². The highest BCUT2D eigenvalue weighted by molar-refractivity contribution is 5.98. The summed E-state index contributed by atoms with van der Waals surface area (Å²) in [5.74, 6) is 0.938. The summed E-state index contributed by atoms with van der Waals surface area (Å²) in [6.45, 7) is 5.39. The predicted octanol–water partition coefficient (Wildman–Crippen LogP) is 6.18. The number of aryl methyl sites for hydroxylation is 1. The van der Waals surface area contributed by atoms with Gasteiger partial charge in [-0.1, -0.05) is 55.8 Å². The lowest BCUT2D eigenvalue weighted by atomic mass is 9.88. The van der Waals surface area contributed by atoms with Crippen LogP contribution >= 0.6 is 0 Å². The van der Waals surface area contributed by atoms with Gasteiger partial charge in [-0.2, -0.15) is 0 Å². The van der Waals surface area contributed by atoms with Gasteiger partial charge in [0.15, 0.2) is 5.78 Å². The first kappa shape index (κ1) is 23.5. The van der Waals surface area contributed by atoms with E-state index in [1.807, 2.05) is 43.3 Å². The number of carbonyl (C=O) groups excluding carboxylic acids is 1. The smallest absolute Gasteiger partial charge is 0.166 e. The van der Waals surface area contributed by atoms with Gasteiger partial charge in [-0.25, -0.2) is 0 Å². The largest absolute Gasteiger partial charge is 0.496 e. The normalized spacial score (nSPS) is 22.6. The first-order chi connectivity index (χ1) is 15.2. The minimum atomic E-state index is -0.0472. The van der Waals surface area contributed by atoms with E-state index in [2.05, 4.69) is 19.1 Å². The molecule has 0 saturated carbocycles. The molecule has 2 aromatic rings. The monoisotopic (exact) mass is 424 g/mol. The number of benzene rings is 2. The molecule has 0 aromatic heterocycles. The second-order valence-corrected chi connectivity index (χ2v) is 8.24. The van der Waals surface area contributed by atoms with Crippen molar-refractivity contribution in [2.45, 2.75) is 64.6 Å².